The van der Waals surface area contributed by atoms with E-state index < -0.39 is 0 Å². The first-order valence-corrected chi connectivity index (χ1v) is 5.76. The average Bonchev–Trinajstić information content (AvgIpc) is 2.50. The van der Waals surface area contributed by atoms with Gasteiger partial charge in [0.25, 0.3) is 0 Å². The molecule has 0 spiro atoms. The molecule has 1 aliphatic rings. The second-order valence-corrected chi connectivity index (χ2v) is 4.13. The van der Waals surface area contributed by atoms with Gasteiger partial charge in [-0.3, -0.25) is 4.79 Å². The summed E-state index contributed by atoms with van der Waals surface area (Å²) in [4.78, 5) is 13.6. The molecule has 1 saturated heterocycles. The fourth-order valence-electron chi connectivity index (χ4n) is 2.01. The molecule has 0 radical (unpaired) electrons. The van der Waals surface area contributed by atoms with Crippen molar-refractivity contribution in [3.05, 3.63) is 0 Å². The molecule has 76 valence electrons. The van der Waals surface area contributed by atoms with Crippen LogP contribution in [0.25, 0.3) is 0 Å². The van der Waals surface area contributed by atoms with Gasteiger partial charge in [-0.1, -0.05) is 13.8 Å². The zero-order valence-electron chi connectivity index (χ0n) is 8.49. The minimum Gasteiger partial charge on any atom is -0.339 e. The van der Waals surface area contributed by atoms with Gasteiger partial charge in [-0.15, -0.1) is 0 Å². The largest absolute Gasteiger partial charge is 0.339 e. The number of hydrogen-bond donors (Lipinski definition) is 1. The molecule has 0 bridgehead atoms. The Morgan fingerprint density at radius 2 is 2.15 bits per heavy atom. The van der Waals surface area contributed by atoms with E-state index in [1.165, 1.54) is 0 Å². The average molecular weight is 201 g/mol. The molecule has 1 aliphatic heterocycles. The van der Waals surface area contributed by atoms with Crippen LogP contribution in [-0.2, 0) is 4.79 Å². The molecule has 1 unspecified atom stereocenters. The van der Waals surface area contributed by atoms with Crippen molar-refractivity contribution in [3.8, 4) is 0 Å². The fourth-order valence-corrected chi connectivity index (χ4v) is 2.26. The van der Waals surface area contributed by atoms with E-state index in [2.05, 4.69) is 26.5 Å². The summed E-state index contributed by atoms with van der Waals surface area (Å²) < 4.78 is 0. The van der Waals surface area contributed by atoms with Crippen LogP contribution in [-0.4, -0.2) is 29.1 Å². The number of nitrogens with zero attached hydrogens (tertiary/aromatic N) is 1. The minimum atomic E-state index is 0.327. The van der Waals surface area contributed by atoms with Crippen LogP contribution in [0.2, 0.25) is 0 Å². The highest BCUT2D eigenvalue weighted by Gasteiger charge is 2.31. The number of hydrogen-bond acceptors (Lipinski definition) is 2. The van der Waals surface area contributed by atoms with Gasteiger partial charge in [-0.25, -0.2) is 0 Å². The van der Waals surface area contributed by atoms with Gasteiger partial charge in [0.15, 0.2) is 0 Å². The lowest BCUT2D eigenvalue weighted by Crippen LogP contribution is -2.35. The normalized spacial score (nSPS) is 23.2. The number of carbonyl (C=O) groups excluding carboxylic acids is 1. The van der Waals surface area contributed by atoms with Crippen molar-refractivity contribution < 1.29 is 4.79 Å². The molecule has 1 fully saturated rings. The van der Waals surface area contributed by atoms with E-state index in [0.29, 0.717) is 24.3 Å². The van der Waals surface area contributed by atoms with E-state index in [-0.39, 0.29) is 0 Å². The molecule has 13 heavy (non-hydrogen) atoms. The van der Waals surface area contributed by atoms with Crippen LogP contribution in [0.5, 0.6) is 0 Å². The van der Waals surface area contributed by atoms with E-state index in [9.17, 15) is 4.79 Å². The molecule has 1 amide bonds. The number of rotatable bonds is 4. The van der Waals surface area contributed by atoms with E-state index in [0.717, 1.165) is 25.1 Å². The third-order valence-corrected chi connectivity index (χ3v) is 3.40. The maximum absolute atomic E-state index is 11.6. The molecule has 0 aromatic heterocycles. The molecule has 0 N–H and O–H groups in total. The summed E-state index contributed by atoms with van der Waals surface area (Å²) in [5.74, 6) is 1.65. The fraction of sp³-hybridized carbons (Fsp3) is 0.900. The minimum absolute atomic E-state index is 0.327. The topological polar surface area (TPSA) is 20.3 Å². The molecule has 3 heteroatoms. The first-order valence-electron chi connectivity index (χ1n) is 5.13. The van der Waals surface area contributed by atoms with Gasteiger partial charge in [0.05, 0.1) is 0 Å². The van der Waals surface area contributed by atoms with Gasteiger partial charge < -0.3 is 4.90 Å². The van der Waals surface area contributed by atoms with Crippen molar-refractivity contribution in [1.82, 2.24) is 4.90 Å². The lowest BCUT2D eigenvalue weighted by molar-refractivity contribution is -0.129. The van der Waals surface area contributed by atoms with Gasteiger partial charge in [0.2, 0.25) is 5.91 Å². The van der Waals surface area contributed by atoms with Gasteiger partial charge in [0.1, 0.15) is 0 Å². The summed E-state index contributed by atoms with van der Waals surface area (Å²) in [6.45, 7) is 5.22. The molecule has 1 atom stereocenters. The van der Waals surface area contributed by atoms with Crippen molar-refractivity contribution in [2.45, 2.75) is 39.2 Å². The maximum atomic E-state index is 11.6. The Hall–Kier alpha value is -0.180. The van der Waals surface area contributed by atoms with Gasteiger partial charge in [-0.05, 0) is 24.5 Å². The van der Waals surface area contributed by atoms with Crippen LogP contribution in [0.3, 0.4) is 0 Å². The highest BCUT2D eigenvalue weighted by molar-refractivity contribution is 7.80. The van der Waals surface area contributed by atoms with Crippen LogP contribution in [0.15, 0.2) is 0 Å². The molecule has 1 rings (SSSR count). The molecule has 0 aromatic carbocycles. The Morgan fingerprint density at radius 3 is 2.54 bits per heavy atom. The maximum Gasteiger partial charge on any atom is 0.223 e. The van der Waals surface area contributed by atoms with E-state index >= 15 is 0 Å². The number of thiol groups is 1. The van der Waals surface area contributed by atoms with Gasteiger partial charge in [0, 0.05) is 19.0 Å². The van der Waals surface area contributed by atoms with E-state index in [4.69, 9.17) is 0 Å². The second kappa shape index (κ2) is 4.89. The van der Waals surface area contributed by atoms with Crippen LogP contribution in [0.4, 0.5) is 0 Å². The summed E-state index contributed by atoms with van der Waals surface area (Å²) >= 11 is 4.25. The molecular formula is C10H19NOS. The summed E-state index contributed by atoms with van der Waals surface area (Å²) in [7, 11) is 0. The Balaban J connectivity index is 2.55. The van der Waals surface area contributed by atoms with Crippen molar-refractivity contribution in [2.24, 2.45) is 5.92 Å². The van der Waals surface area contributed by atoms with Gasteiger partial charge >= 0.3 is 0 Å². The van der Waals surface area contributed by atoms with E-state index in [1.807, 2.05) is 4.90 Å². The third-order valence-electron chi connectivity index (χ3n) is 2.88. The van der Waals surface area contributed by atoms with Crippen LogP contribution >= 0.6 is 12.6 Å². The van der Waals surface area contributed by atoms with Crippen LogP contribution in [0, 0.1) is 5.92 Å². The molecule has 0 saturated carbocycles. The van der Waals surface area contributed by atoms with Crippen molar-refractivity contribution >= 4 is 18.5 Å². The molecular weight excluding hydrogens is 182 g/mol. The monoisotopic (exact) mass is 201 g/mol. The predicted octanol–water partition coefficient (Wildman–Crippen LogP) is 1.95. The van der Waals surface area contributed by atoms with E-state index in [1.54, 1.807) is 0 Å². The highest BCUT2D eigenvalue weighted by atomic mass is 32.1. The summed E-state index contributed by atoms with van der Waals surface area (Å²) in [5, 5.41) is 0. The molecule has 0 aromatic rings. The van der Waals surface area contributed by atoms with Gasteiger partial charge in [-0.2, -0.15) is 12.6 Å². The Morgan fingerprint density at radius 1 is 1.54 bits per heavy atom. The van der Waals surface area contributed by atoms with Crippen LogP contribution in [0.1, 0.15) is 33.1 Å². The highest BCUT2D eigenvalue weighted by Crippen LogP contribution is 2.23. The van der Waals surface area contributed by atoms with Crippen molar-refractivity contribution in [1.29, 1.82) is 0 Å². The SMILES string of the molecule is CCC(CC)N1CC(CS)CC1=O. The molecule has 2 nitrogen and oxygen atoms in total. The smallest absolute Gasteiger partial charge is 0.223 e. The Labute approximate surface area is 86.1 Å². The summed E-state index contributed by atoms with van der Waals surface area (Å²) in [5.41, 5.74) is 0. The second-order valence-electron chi connectivity index (χ2n) is 3.77. The molecule has 1 heterocycles. The lowest BCUT2D eigenvalue weighted by Gasteiger charge is -2.26. The summed E-state index contributed by atoms with van der Waals surface area (Å²) in [6.07, 6.45) is 2.85. The zero-order chi connectivity index (χ0) is 9.84. The van der Waals surface area contributed by atoms with Crippen molar-refractivity contribution in [2.75, 3.05) is 12.3 Å². The third kappa shape index (κ3) is 2.39. The predicted molar refractivity (Wildman–Crippen MR) is 58.0 cm³/mol. The number of carbonyl (C=O) groups is 1. The standard InChI is InChI=1S/C10H19NOS/c1-3-9(4-2)11-6-8(7-13)5-10(11)12/h8-9,13H,3-7H2,1-2H3. The quantitative estimate of drug-likeness (QED) is 0.689. The van der Waals surface area contributed by atoms with Crippen molar-refractivity contribution in [3.63, 3.8) is 0 Å². The molecule has 0 aliphatic carbocycles. The zero-order valence-corrected chi connectivity index (χ0v) is 9.39. The first kappa shape index (κ1) is 10.9. The Kier molecular flexibility index (Phi) is 4.10. The summed E-state index contributed by atoms with van der Waals surface area (Å²) in [6, 6.07) is 0.456. The first-order chi connectivity index (χ1) is 6.22. The number of likely N-dealkylation sites (tertiary alicyclic amines) is 1. The lowest BCUT2D eigenvalue weighted by atomic mass is 10.1. The van der Waals surface area contributed by atoms with Crippen LogP contribution < -0.4 is 0 Å². The number of amides is 1. The Bertz CT molecular complexity index is 180.